The molecular weight excluding hydrogens is 192 g/mol. The van der Waals surface area contributed by atoms with Crippen molar-refractivity contribution in [3.63, 3.8) is 0 Å². The Labute approximate surface area is 93.1 Å². The maximum atomic E-state index is 11.4. The van der Waals surface area contributed by atoms with Crippen molar-refractivity contribution in [2.45, 2.75) is 34.6 Å². The Morgan fingerprint density at radius 1 is 1.13 bits per heavy atom. The van der Waals surface area contributed by atoms with E-state index < -0.39 is 0 Å². The van der Waals surface area contributed by atoms with Crippen LogP contribution in [-0.4, -0.2) is 32.2 Å². The zero-order valence-corrected chi connectivity index (χ0v) is 10.6. The summed E-state index contributed by atoms with van der Waals surface area (Å²) in [6, 6.07) is 0. The second-order valence-corrected chi connectivity index (χ2v) is 5.19. The number of Topliss-reactive ketones (excluding diaryl/α,β-unsaturated/α-hetero) is 1. The first-order valence-electron chi connectivity index (χ1n) is 5.53. The molecule has 0 aromatic rings. The van der Waals surface area contributed by atoms with Gasteiger partial charge in [-0.15, -0.1) is 0 Å². The highest BCUT2D eigenvalue weighted by Crippen LogP contribution is 2.14. The molecule has 0 aromatic carbocycles. The van der Waals surface area contributed by atoms with Gasteiger partial charge in [0.25, 0.3) is 0 Å². The lowest BCUT2D eigenvalue weighted by molar-refractivity contribution is -0.131. The lowest BCUT2D eigenvalue weighted by atomic mass is 9.91. The molecule has 0 aromatic heterocycles. The van der Waals surface area contributed by atoms with Gasteiger partial charge < -0.3 is 9.47 Å². The first kappa shape index (κ1) is 14.6. The zero-order chi connectivity index (χ0) is 11.9. The van der Waals surface area contributed by atoms with Crippen LogP contribution in [0.2, 0.25) is 0 Å². The van der Waals surface area contributed by atoms with E-state index in [1.54, 1.807) is 0 Å². The van der Waals surface area contributed by atoms with Gasteiger partial charge in [0.05, 0.1) is 13.2 Å². The Balaban J connectivity index is 3.36. The minimum atomic E-state index is -0.307. The molecule has 0 bridgehead atoms. The highest BCUT2D eigenvalue weighted by atomic mass is 16.5. The summed E-state index contributed by atoms with van der Waals surface area (Å²) < 4.78 is 10.6. The van der Waals surface area contributed by atoms with Crippen LogP contribution in [-0.2, 0) is 14.3 Å². The first-order valence-corrected chi connectivity index (χ1v) is 5.53. The Hall–Kier alpha value is -0.410. The van der Waals surface area contributed by atoms with Gasteiger partial charge in [-0.1, -0.05) is 34.6 Å². The van der Waals surface area contributed by atoms with Crippen molar-refractivity contribution in [1.82, 2.24) is 0 Å². The molecule has 0 amide bonds. The second-order valence-electron chi connectivity index (χ2n) is 5.19. The summed E-state index contributed by atoms with van der Waals surface area (Å²) in [6.45, 7) is 11.9. The summed E-state index contributed by atoms with van der Waals surface area (Å²) >= 11 is 0. The van der Waals surface area contributed by atoms with Gasteiger partial charge in [0, 0.05) is 12.0 Å². The topological polar surface area (TPSA) is 35.5 Å². The summed E-state index contributed by atoms with van der Waals surface area (Å²) in [5.41, 5.74) is -0.307. The second kappa shape index (κ2) is 6.96. The minimum Gasteiger partial charge on any atom is -0.379 e. The van der Waals surface area contributed by atoms with Gasteiger partial charge in [-0.3, -0.25) is 4.79 Å². The summed E-state index contributed by atoms with van der Waals surface area (Å²) in [5.74, 6) is 0.674. The molecule has 0 aliphatic carbocycles. The molecule has 3 heteroatoms. The Morgan fingerprint density at radius 3 is 2.13 bits per heavy atom. The molecule has 0 fully saturated rings. The van der Waals surface area contributed by atoms with Gasteiger partial charge in [0.2, 0.25) is 0 Å². The van der Waals surface area contributed by atoms with Crippen molar-refractivity contribution >= 4 is 5.78 Å². The van der Waals surface area contributed by atoms with Crippen molar-refractivity contribution in [3.8, 4) is 0 Å². The molecule has 0 spiro atoms. The maximum Gasteiger partial charge on any atom is 0.163 e. The van der Waals surface area contributed by atoms with Crippen molar-refractivity contribution in [1.29, 1.82) is 0 Å². The van der Waals surface area contributed by atoms with Crippen LogP contribution in [0.4, 0.5) is 0 Å². The van der Waals surface area contributed by atoms with Crippen molar-refractivity contribution < 1.29 is 14.3 Å². The predicted molar refractivity (Wildman–Crippen MR) is 60.9 cm³/mol. The van der Waals surface area contributed by atoms with Crippen molar-refractivity contribution in [2.24, 2.45) is 11.3 Å². The van der Waals surface area contributed by atoms with E-state index >= 15 is 0 Å². The molecular formula is C12H24O3. The van der Waals surface area contributed by atoms with E-state index in [9.17, 15) is 4.79 Å². The van der Waals surface area contributed by atoms with Crippen LogP contribution in [0.15, 0.2) is 0 Å². The van der Waals surface area contributed by atoms with Gasteiger partial charge in [0.1, 0.15) is 6.61 Å². The molecule has 0 rings (SSSR count). The first-order chi connectivity index (χ1) is 6.84. The third-order valence-electron chi connectivity index (χ3n) is 1.89. The molecule has 0 unspecified atom stereocenters. The van der Waals surface area contributed by atoms with Gasteiger partial charge in [-0.2, -0.15) is 0 Å². The van der Waals surface area contributed by atoms with Crippen molar-refractivity contribution in [3.05, 3.63) is 0 Å². The Kier molecular flexibility index (Phi) is 6.77. The third kappa shape index (κ3) is 8.58. The molecule has 0 N–H and O–H groups in total. The summed E-state index contributed by atoms with van der Waals surface area (Å²) in [7, 11) is 0. The number of carbonyl (C=O) groups excluding carboxylic acids is 1. The fraction of sp³-hybridized carbons (Fsp3) is 0.917. The van der Waals surface area contributed by atoms with E-state index in [0.717, 1.165) is 6.61 Å². The van der Waals surface area contributed by atoms with Crippen LogP contribution in [0.3, 0.4) is 0 Å². The average molecular weight is 216 g/mol. The van der Waals surface area contributed by atoms with E-state index in [0.29, 0.717) is 19.1 Å². The third-order valence-corrected chi connectivity index (χ3v) is 1.89. The number of ketones is 1. The van der Waals surface area contributed by atoms with Crippen molar-refractivity contribution in [2.75, 3.05) is 26.4 Å². The average Bonchev–Trinajstić information content (AvgIpc) is 2.08. The monoisotopic (exact) mass is 216 g/mol. The number of hydrogen-bond donors (Lipinski definition) is 0. The van der Waals surface area contributed by atoms with Gasteiger partial charge >= 0.3 is 0 Å². The summed E-state index contributed by atoms with van der Waals surface area (Å²) in [6.07, 6.45) is 0. The molecule has 90 valence electrons. The molecule has 0 saturated carbocycles. The standard InChI is InChI=1S/C12H24O3/c1-10(2)8-14-6-7-15-9-11(13)12(3,4)5/h10H,6-9H2,1-5H3. The smallest absolute Gasteiger partial charge is 0.163 e. The highest BCUT2D eigenvalue weighted by molar-refractivity contribution is 5.84. The number of carbonyl (C=O) groups is 1. The lowest BCUT2D eigenvalue weighted by Crippen LogP contribution is -2.25. The van der Waals surface area contributed by atoms with Crippen LogP contribution in [0.25, 0.3) is 0 Å². The molecule has 0 heterocycles. The van der Waals surface area contributed by atoms with Crippen LogP contribution in [0.5, 0.6) is 0 Å². The fourth-order valence-corrected chi connectivity index (χ4v) is 0.818. The summed E-state index contributed by atoms with van der Waals surface area (Å²) in [5, 5.41) is 0. The quantitative estimate of drug-likeness (QED) is 0.612. The predicted octanol–water partition coefficient (Wildman–Crippen LogP) is 2.29. The number of ether oxygens (including phenoxy) is 2. The lowest BCUT2D eigenvalue weighted by Gasteiger charge is -2.16. The fourth-order valence-electron chi connectivity index (χ4n) is 0.818. The largest absolute Gasteiger partial charge is 0.379 e. The van der Waals surface area contributed by atoms with E-state index in [1.165, 1.54) is 0 Å². The van der Waals surface area contributed by atoms with Crippen LogP contribution in [0.1, 0.15) is 34.6 Å². The molecule has 0 saturated heterocycles. The van der Waals surface area contributed by atoms with Crippen LogP contribution in [0, 0.1) is 11.3 Å². The maximum absolute atomic E-state index is 11.4. The molecule has 0 radical (unpaired) electrons. The SMILES string of the molecule is CC(C)COCCOCC(=O)C(C)(C)C. The normalized spacial score (nSPS) is 12.1. The zero-order valence-electron chi connectivity index (χ0n) is 10.6. The van der Waals surface area contributed by atoms with Crippen LogP contribution >= 0.6 is 0 Å². The molecule has 0 atom stereocenters. The van der Waals surface area contributed by atoms with E-state index in [4.69, 9.17) is 9.47 Å². The van der Waals surface area contributed by atoms with E-state index in [1.807, 2.05) is 20.8 Å². The number of hydrogen-bond acceptors (Lipinski definition) is 3. The van der Waals surface area contributed by atoms with Gasteiger partial charge in [0.15, 0.2) is 5.78 Å². The molecule has 0 aliphatic rings. The minimum absolute atomic E-state index is 0.131. The molecule has 0 aliphatic heterocycles. The van der Waals surface area contributed by atoms with E-state index in [2.05, 4.69) is 13.8 Å². The molecule has 15 heavy (non-hydrogen) atoms. The van der Waals surface area contributed by atoms with E-state index in [-0.39, 0.29) is 17.8 Å². The van der Waals surface area contributed by atoms with Gasteiger partial charge in [-0.05, 0) is 5.92 Å². The van der Waals surface area contributed by atoms with Gasteiger partial charge in [-0.25, -0.2) is 0 Å². The van der Waals surface area contributed by atoms with Crippen LogP contribution < -0.4 is 0 Å². The highest BCUT2D eigenvalue weighted by Gasteiger charge is 2.20. The number of rotatable bonds is 7. The Morgan fingerprint density at radius 2 is 1.67 bits per heavy atom. The Bertz CT molecular complexity index is 180. The molecule has 3 nitrogen and oxygen atoms in total. The summed E-state index contributed by atoms with van der Waals surface area (Å²) in [4.78, 5) is 11.4.